The molecule has 4 atom stereocenters. The standard InChI is InChI=1S/C22H41NO3S/c1-4-5-12-20(24)13-10-8-6-7-9-11-19-14-15-21(18(2)23-19)26-22(25)16-17-27-3/h16-21,23-24H,4-15H2,1-3H3/b17-16-/t18-,19+,20+,21+/m1/s1. The number of thioether (sulfide) groups is 1. The molecule has 0 unspecified atom stereocenters. The summed E-state index contributed by atoms with van der Waals surface area (Å²) in [6.07, 6.45) is 17.0. The summed E-state index contributed by atoms with van der Waals surface area (Å²) in [5, 5.41) is 15.2. The fourth-order valence-electron chi connectivity index (χ4n) is 3.76. The Morgan fingerprint density at radius 2 is 1.89 bits per heavy atom. The van der Waals surface area contributed by atoms with Crippen LogP contribution < -0.4 is 5.32 Å². The normalized spacial score (nSPS) is 24.2. The molecule has 1 aliphatic rings. The number of piperidine rings is 1. The van der Waals surface area contributed by atoms with Crippen LogP contribution in [0.15, 0.2) is 11.5 Å². The Labute approximate surface area is 170 Å². The molecule has 1 saturated heterocycles. The number of rotatable bonds is 14. The minimum absolute atomic E-state index is 0.0145. The number of unbranched alkanes of at least 4 members (excludes halogenated alkanes) is 5. The van der Waals surface area contributed by atoms with E-state index in [1.807, 2.05) is 6.26 Å². The van der Waals surface area contributed by atoms with E-state index in [0.717, 1.165) is 38.5 Å². The number of aliphatic hydroxyl groups excluding tert-OH is 1. The highest BCUT2D eigenvalue weighted by Crippen LogP contribution is 2.21. The molecule has 2 N–H and O–H groups in total. The monoisotopic (exact) mass is 399 g/mol. The van der Waals surface area contributed by atoms with Crippen molar-refractivity contribution in [3.63, 3.8) is 0 Å². The SMILES string of the molecule is CCCC[C@H](O)CCCCCCC[C@H]1CC[C@H](OC(=O)/C=C\SC)[C@@H](C)N1. The predicted molar refractivity (Wildman–Crippen MR) is 116 cm³/mol. The third-order valence-corrected chi connectivity index (χ3v) is 5.85. The van der Waals surface area contributed by atoms with Crippen LogP contribution in [0.2, 0.25) is 0 Å². The van der Waals surface area contributed by atoms with Gasteiger partial charge in [-0.15, -0.1) is 11.8 Å². The lowest BCUT2D eigenvalue weighted by atomic mass is 9.93. The van der Waals surface area contributed by atoms with Crippen molar-refractivity contribution in [3.05, 3.63) is 11.5 Å². The van der Waals surface area contributed by atoms with E-state index >= 15 is 0 Å². The van der Waals surface area contributed by atoms with Crippen LogP contribution in [0.3, 0.4) is 0 Å². The highest BCUT2D eigenvalue weighted by Gasteiger charge is 2.28. The van der Waals surface area contributed by atoms with Gasteiger partial charge in [0.15, 0.2) is 0 Å². The van der Waals surface area contributed by atoms with E-state index in [0.29, 0.717) is 6.04 Å². The first-order valence-corrected chi connectivity index (χ1v) is 12.2. The van der Waals surface area contributed by atoms with Gasteiger partial charge in [-0.05, 0) is 50.7 Å². The zero-order chi connectivity index (χ0) is 19.9. The van der Waals surface area contributed by atoms with Crippen LogP contribution >= 0.6 is 11.8 Å². The van der Waals surface area contributed by atoms with Crippen LogP contribution in [0.25, 0.3) is 0 Å². The van der Waals surface area contributed by atoms with E-state index in [-0.39, 0.29) is 24.2 Å². The van der Waals surface area contributed by atoms with Gasteiger partial charge in [0.1, 0.15) is 6.10 Å². The first kappa shape index (κ1) is 24.5. The minimum atomic E-state index is -0.235. The van der Waals surface area contributed by atoms with Crippen LogP contribution in [0.5, 0.6) is 0 Å². The van der Waals surface area contributed by atoms with Crippen molar-refractivity contribution >= 4 is 17.7 Å². The molecule has 4 nitrogen and oxygen atoms in total. The van der Waals surface area contributed by atoms with Gasteiger partial charge in [0.25, 0.3) is 0 Å². The van der Waals surface area contributed by atoms with Gasteiger partial charge in [0, 0.05) is 18.2 Å². The summed E-state index contributed by atoms with van der Waals surface area (Å²) in [6.45, 7) is 4.29. The number of carbonyl (C=O) groups excluding carboxylic acids is 1. The fourth-order valence-corrected chi connectivity index (χ4v) is 4.01. The Hall–Kier alpha value is -0.520. The van der Waals surface area contributed by atoms with Gasteiger partial charge in [-0.2, -0.15) is 0 Å². The fraction of sp³-hybridized carbons (Fsp3) is 0.864. The molecule has 0 aromatic carbocycles. The van der Waals surface area contributed by atoms with Gasteiger partial charge in [-0.3, -0.25) is 0 Å². The molecule has 0 radical (unpaired) electrons. The van der Waals surface area contributed by atoms with E-state index in [9.17, 15) is 9.90 Å². The Bertz CT molecular complexity index is 416. The van der Waals surface area contributed by atoms with Crippen molar-refractivity contribution in [2.75, 3.05) is 6.26 Å². The van der Waals surface area contributed by atoms with Crippen molar-refractivity contribution in [2.45, 2.75) is 115 Å². The average Bonchev–Trinajstić information content (AvgIpc) is 2.66. The maximum Gasteiger partial charge on any atom is 0.331 e. The highest BCUT2D eigenvalue weighted by molar-refractivity contribution is 8.01. The third-order valence-electron chi connectivity index (χ3n) is 5.44. The molecular formula is C22H41NO3S. The topological polar surface area (TPSA) is 58.6 Å². The van der Waals surface area contributed by atoms with Crippen molar-refractivity contribution in [3.8, 4) is 0 Å². The van der Waals surface area contributed by atoms with E-state index in [1.54, 1.807) is 5.41 Å². The summed E-state index contributed by atoms with van der Waals surface area (Å²) < 4.78 is 5.55. The van der Waals surface area contributed by atoms with Gasteiger partial charge in [-0.1, -0.05) is 51.9 Å². The summed E-state index contributed by atoms with van der Waals surface area (Å²) in [4.78, 5) is 11.7. The Balaban J connectivity index is 2.05. The lowest BCUT2D eigenvalue weighted by Crippen LogP contribution is -2.50. The highest BCUT2D eigenvalue weighted by atomic mass is 32.2. The maximum atomic E-state index is 11.7. The predicted octanol–water partition coefficient (Wildman–Crippen LogP) is 5.20. The molecule has 1 aliphatic heterocycles. The molecule has 158 valence electrons. The number of carbonyl (C=O) groups is 1. The average molecular weight is 400 g/mol. The van der Waals surface area contributed by atoms with Crippen molar-refractivity contribution in [2.24, 2.45) is 0 Å². The van der Waals surface area contributed by atoms with Crippen molar-refractivity contribution in [1.29, 1.82) is 0 Å². The second-order valence-electron chi connectivity index (χ2n) is 7.88. The van der Waals surface area contributed by atoms with Crippen molar-refractivity contribution in [1.82, 2.24) is 5.32 Å². The number of hydrogen-bond donors (Lipinski definition) is 2. The molecule has 1 fully saturated rings. The van der Waals surface area contributed by atoms with Gasteiger partial charge < -0.3 is 15.2 Å². The first-order chi connectivity index (χ1) is 13.1. The summed E-state index contributed by atoms with van der Waals surface area (Å²) in [7, 11) is 0. The smallest absolute Gasteiger partial charge is 0.331 e. The molecule has 0 aliphatic carbocycles. The van der Waals surface area contributed by atoms with E-state index in [1.165, 1.54) is 56.4 Å². The maximum absolute atomic E-state index is 11.7. The van der Waals surface area contributed by atoms with Crippen LogP contribution in [0.1, 0.15) is 90.9 Å². The van der Waals surface area contributed by atoms with Gasteiger partial charge >= 0.3 is 5.97 Å². The number of esters is 1. The largest absolute Gasteiger partial charge is 0.458 e. The lowest BCUT2D eigenvalue weighted by molar-refractivity contribution is -0.145. The first-order valence-electron chi connectivity index (χ1n) is 10.9. The number of nitrogens with one attached hydrogen (secondary N) is 1. The second kappa shape index (κ2) is 15.4. The van der Waals surface area contributed by atoms with E-state index < -0.39 is 0 Å². The Morgan fingerprint density at radius 1 is 1.19 bits per heavy atom. The molecule has 27 heavy (non-hydrogen) atoms. The van der Waals surface area contributed by atoms with Crippen LogP contribution in [0, 0.1) is 0 Å². The molecule has 0 amide bonds. The summed E-state index contributed by atoms with van der Waals surface area (Å²) in [5.41, 5.74) is 0. The Morgan fingerprint density at radius 3 is 2.59 bits per heavy atom. The van der Waals surface area contributed by atoms with Gasteiger partial charge in [0.05, 0.1) is 6.10 Å². The zero-order valence-electron chi connectivity index (χ0n) is 17.6. The van der Waals surface area contributed by atoms with Crippen LogP contribution in [-0.4, -0.2) is 41.6 Å². The lowest BCUT2D eigenvalue weighted by Gasteiger charge is -2.35. The van der Waals surface area contributed by atoms with Crippen molar-refractivity contribution < 1.29 is 14.6 Å². The molecule has 1 heterocycles. The van der Waals surface area contributed by atoms with Crippen LogP contribution in [-0.2, 0) is 9.53 Å². The molecule has 0 spiro atoms. The van der Waals surface area contributed by atoms with E-state index in [2.05, 4.69) is 19.2 Å². The summed E-state index contributed by atoms with van der Waals surface area (Å²) >= 11 is 1.50. The number of hydrogen-bond acceptors (Lipinski definition) is 5. The molecular weight excluding hydrogens is 358 g/mol. The molecule has 5 heteroatoms. The molecule has 0 bridgehead atoms. The van der Waals surface area contributed by atoms with Gasteiger partial charge in [0.2, 0.25) is 0 Å². The number of aliphatic hydroxyl groups is 1. The summed E-state index contributed by atoms with van der Waals surface area (Å²) in [6, 6.07) is 0.771. The minimum Gasteiger partial charge on any atom is -0.458 e. The van der Waals surface area contributed by atoms with E-state index in [4.69, 9.17) is 4.74 Å². The molecule has 0 aromatic rings. The zero-order valence-corrected chi connectivity index (χ0v) is 18.4. The molecule has 0 saturated carbocycles. The molecule has 1 rings (SSSR count). The molecule has 0 aromatic heterocycles. The Kier molecular flexibility index (Phi) is 14.0. The number of ether oxygens (including phenoxy) is 1. The second-order valence-corrected chi connectivity index (χ2v) is 8.63. The van der Waals surface area contributed by atoms with Gasteiger partial charge in [-0.25, -0.2) is 4.79 Å². The van der Waals surface area contributed by atoms with Crippen LogP contribution in [0.4, 0.5) is 0 Å². The third kappa shape index (κ3) is 11.8. The quantitative estimate of drug-likeness (QED) is 0.239. The summed E-state index contributed by atoms with van der Waals surface area (Å²) in [5.74, 6) is -0.235.